The molecule has 8 rings (SSSR count). The SMILES string of the molecule is COC(=O)c1cnc(Oc2ccc3c(c2)CCC(c2ccc(C)nc2)O3)s1.Cc1ccccc1C1CCc2cc(Oc3ncc(C#N)s3)ccc2O1. The lowest BCUT2D eigenvalue weighted by Crippen LogP contribution is -2.16. The largest absolute Gasteiger partial charge is 0.485 e. The Morgan fingerprint density at radius 1 is 0.788 bits per heavy atom. The fourth-order valence-electron chi connectivity index (χ4n) is 5.99. The van der Waals surface area contributed by atoms with Crippen LogP contribution in [0.4, 0.5) is 0 Å². The van der Waals surface area contributed by atoms with Gasteiger partial charge in [-0.25, -0.2) is 14.8 Å². The van der Waals surface area contributed by atoms with Gasteiger partial charge in [-0.1, -0.05) is 53.0 Å². The van der Waals surface area contributed by atoms with E-state index >= 15 is 0 Å². The van der Waals surface area contributed by atoms with Crippen LogP contribution in [0.5, 0.6) is 33.4 Å². The molecule has 0 aliphatic carbocycles. The number of pyridine rings is 1. The van der Waals surface area contributed by atoms with Gasteiger partial charge >= 0.3 is 5.97 Å². The van der Waals surface area contributed by atoms with Crippen LogP contribution in [0.3, 0.4) is 0 Å². The second-order valence-corrected chi connectivity index (χ2v) is 14.2. The Balaban J connectivity index is 0.000000162. The summed E-state index contributed by atoms with van der Waals surface area (Å²) in [4.78, 5) is 25.0. The molecule has 12 heteroatoms. The van der Waals surface area contributed by atoms with E-state index in [1.165, 1.54) is 42.0 Å². The Kier molecular flexibility index (Phi) is 10.4. The van der Waals surface area contributed by atoms with E-state index in [9.17, 15) is 4.79 Å². The van der Waals surface area contributed by atoms with Crippen molar-refractivity contribution < 1.29 is 28.5 Å². The molecule has 52 heavy (non-hydrogen) atoms. The van der Waals surface area contributed by atoms with Gasteiger partial charge in [0, 0.05) is 17.5 Å². The van der Waals surface area contributed by atoms with Crippen LogP contribution in [0.2, 0.25) is 0 Å². The van der Waals surface area contributed by atoms with Crippen molar-refractivity contribution in [2.24, 2.45) is 0 Å². The molecule has 0 radical (unpaired) electrons. The van der Waals surface area contributed by atoms with Crippen molar-refractivity contribution in [1.29, 1.82) is 5.26 Å². The van der Waals surface area contributed by atoms with Crippen molar-refractivity contribution in [2.45, 2.75) is 51.7 Å². The number of nitrogens with zero attached hydrogens (tertiary/aromatic N) is 4. The monoisotopic (exact) mass is 730 g/mol. The number of aryl methyl sites for hydroxylation is 4. The van der Waals surface area contributed by atoms with Crippen LogP contribution in [-0.2, 0) is 17.6 Å². The molecule has 262 valence electrons. The number of carbonyl (C=O) groups excluding carboxylic acids is 1. The minimum Gasteiger partial charge on any atom is -0.485 e. The maximum Gasteiger partial charge on any atom is 0.349 e. The van der Waals surface area contributed by atoms with Crippen LogP contribution in [0.15, 0.2) is 91.4 Å². The third-order valence-electron chi connectivity index (χ3n) is 8.67. The van der Waals surface area contributed by atoms with E-state index in [4.69, 9.17) is 24.2 Å². The first kappa shape index (κ1) is 34.7. The number of aromatic nitrogens is 3. The predicted molar refractivity (Wildman–Crippen MR) is 197 cm³/mol. The number of hydrogen-bond acceptors (Lipinski definition) is 12. The Morgan fingerprint density at radius 3 is 2.08 bits per heavy atom. The fraction of sp³-hybridized carbons (Fsp3) is 0.225. The smallest absolute Gasteiger partial charge is 0.349 e. The summed E-state index contributed by atoms with van der Waals surface area (Å²) >= 11 is 2.39. The van der Waals surface area contributed by atoms with Gasteiger partial charge in [-0.05, 0) is 104 Å². The first-order chi connectivity index (χ1) is 25.3. The topological polar surface area (TPSA) is 126 Å². The van der Waals surface area contributed by atoms with Gasteiger partial charge < -0.3 is 23.7 Å². The van der Waals surface area contributed by atoms with Crippen LogP contribution >= 0.6 is 22.7 Å². The number of carbonyl (C=O) groups is 1. The molecule has 2 aliphatic heterocycles. The number of ether oxygens (including phenoxy) is 5. The molecule has 5 heterocycles. The van der Waals surface area contributed by atoms with Crippen LogP contribution in [-0.4, -0.2) is 28.0 Å². The molecule has 0 bridgehead atoms. The first-order valence-corrected chi connectivity index (χ1v) is 18.3. The maximum atomic E-state index is 11.5. The normalized spacial score (nSPS) is 15.7. The molecular formula is C40H34N4O6S2. The zero-order chi connectivity index (χ0) is 36.0. The Labute approximate surface area is 309 Å². The molecule has 3 aromatic carbocycles. The van der Waals surface area contributed by atoms with E-state index < -0.39 is 5.97 Å². The van der Waals surface area contributed by atoms with Crippen LogP contribution in [0.25, 0.3) is 0 Å². The third kappa shape index (κ3) is 8.07. The molecule has 0 spiro atoms. The summed E-state index contributed by atoms with van der Waals surface area (Å²) in [6.45, 7) is 4.09. The molecule has 0 amide bonds. The molecule has 6 aromatic rings. The summed E-state index contributed by atoms with van der Waals surface area (Å²) in [7, 11) is 1.34. The lowest BCUT2D eigenvalue weighted by atomic mass is 9.95. The quantitative estimate of drug-likeness (QED) is 0.147. The van der Waals surface area contributed by atoms with Crippen molar-refractivity contribution in [3.63, 3.8) is 0 Å². The van der Waals surface area contributed by atoms with Crippen molar-refractivity contribution in [3.8, 4) is 39.5 Å². The van der Waals surface area contributed by atoms with E-state index in [1.807, 2.05) is 55.6 Å². The number of esters is 1. The summed E-state index contributed by atoms with van der Waals surface area (Å²) < 4.78 is 28.6. The van der Waals surface area contributed by atoms with Crippen molar-refractivity contribution in [1.82, 2.24) is 15.0 Å². The fourth-order valence-corrected chi connectivity index (χ4v) is 7.27. The standard InChI is InChI=1S/C20H18N2O4S.C20H16N2O2S/c1-12-3-4-14(10-21-12)17-7-5-13-9-15(6-8-16(13)26-17)25-20-22-11-18(27-20)19(23)24-2;1-13-4-2-3-5-17(13)19-8-6-14-10-15(7-9-18(14)24-19)23-20-22-12-16(11-21)25-20/h3-4,6,8-11,17H,5,7H2,1-2H3;2-5,7,9-10,12,19H,6,8H2,1H3. The van der Waals surface area contributed by atoms with E-state index in [-0.39, 0.29) is 12.2 Å². The second kappa shape index (κ2) is 15.6. The number of thiazole rings is 2. The summed E-state index contributed by atoms with van der Waals surface area (Å²) in [5.74, 6) is 2.73. The molecule has 2 aliphatic rings. The minimum absolute atomic E-state index is 0.0129. The second-order valence-electron chi connectivity index (χ2n) is 12.2. The highest BCUT2D eigenvalue weighted by atomic mass is 32.1. The van der Waals surface area contributed by atoms with Gasteiger partial charge in [0.25, 0.3) is 10.4 Å². The van der Waals surface area contributed by atoms with Gasteiger partial charge in [0.1, 0.15) is 51.0 Å². The summed E-state index contributed by atoms with van der Waals surface area (Å²) in [6.07, 6.45) is 8.60. The highest BCUT2D eigenvalue weighted by Crippen LogP contribution is 2.40. The van der Waals surface area contributed by atoms with Crippen LogP contribution in [0, 0.1) is 25.2 Å². The van der Waals surface area contributed by atoms with Gasteiger partial charge in [-0.3, -0.25) is 4.98 Å². The predicted octanol–water partition coefficient (Wildman–Crippen LogP) is 9.67. The summed E-state index contributed by atoms with van der Waals surface area (Å²) in [5, 5.41) is 9.74. The lowest BCUT2D eigenvalue weighted by Gasteiger charge is -2.27. The average Bonchev–Trinajstić information content (AvgIpc) is 3.84. The number of methoxy groups -OCH3 is 1. The Morgan fingerprint density at radius 2 is 1.44 bits per heavy atom. The van der Waals surface area contributed by atoms with Crippen molar-refractivity contribution in [2.75, 3.05) is 7.11 Å². The number of nitriles is 1. The number of hydrogen-bond donors (Lipinski definition) is 0. The number of benzene rings is 3. The van der Waals surface area contributed by atoms with Crippen LogP contribution in [0.1, 0.15) is 73.1 Å². The van der Waals surface area contributed by atoms with Gasteiger partial charge in [-0.15, -0.1) is 0 Å². The molecule has 0 saturated heterocycles. The summed E-state index contributed by atoms with van der Waals surface area (Å²) in [6, 6.07) is 26.0. The zero-order valence-corrected chi connectivity index (χ0v) is 30.3. The van der Waals surface area contributed by atoms with E-state index in [1.54, 1.807) is 0 Å². The van der Waals surface area contributed by atoms with Gasteiger partial charge in [-0.2, -0.15) is 5.26 Å². The molecule has 3 aromatic heterocycles. The van der Waals surface area contributed by atoms with Gasteiger partial charge in [0.15, 0.2) is 0 Å². The maximum absolute atomic E-state index is 11.5. The molecule has 2 unspecified atom stereocenters. The molecule has 0 fully saturated rings. The highest BCUT2D eigenvalue weighted by molar-refractivity contribution is 7.15. The van der Waals surface area contributed by atoms with Crippen molar-refractivity contribution >= 4 is 28.6 Å². The number of fused-ring (bicyclic) bond motifs is 2. The van der Waals surface area contributed by atoms with Gasteiger partial charge in [0.2, 0.25) is 0 Å². The molecule has 0 N–H and O–H groups in total. The lowest BCUT2D eigenvalue weighted by molar-refractivity contribution is 0.0606. The highest BCUT2D eigenvalue weighted by Gasteiger charge is 2.24. The van der Waals surface area contributed by atoms with E-state index in [2.05, 4.69) is 63.0 Å². The molecule has 10 nitrogen and oxygen atoms in total. The van der Waals surface area contributed by atoms with Crippen LogP contribution < -0.4 is 18.9 Å². The van der Waals surface area contributed by atoms with Crippen molar-refractivity contribution in [3.05, 3.63) is 135 Å². The number of rotatable bonds is 7. The Hall–Kier alpha value is -5.77. The zero-order valence-electron chi connectivity index (χ0n) is 28.7. The molecule has 2 atom stereocenters. The van der Waals surface area contributed by atoms with E-state index in [0.717, 1.165) is 76.7 Å². The molecule has 0 saturated carbocycles. The van der Waals surface area contributed by atoms with Gasteiger partial charge in [0.05, 0.1) is 19.5 Å². The minimum atomic E-state index is -0.419. The average molecular weight is 731 g/mol. The summed E-state index contributed by atoms with van der Waals surface area (Å²) in [5.41, 5.74) is 6.82. The Bertz CT molecular complexity index is 2240. The molecular weight excluding hydrogens is 697 g/mol. The third-order valence-corrected chi connectivity index (χ3v) is 10.3. The van der Waals surface area contributed by atoms with E-state index in [0.29, 0.717) is 25.9 Å². The first-order valence-electron chi connectivity index (χ1n) is 16.7.